The first-order valence-electron chi connectivity index (χ1n) is 5.51. The highest BCUT2D eigenvalue weighted by Crippen LogP contribution is 2.17. The van der Waals surface area contributed by atoms with Crippen LogP contribution in [-0.4, -0.2) is 41.2 Å². The molecule has 5 nitrogen and oxygen atoms in total. The van der Waals surface area contributed by atoms with Crippen molar-refractivity contribution in [1.29, 1.82) is 0 Å². The van der Waals surface area contributed by atoms with Crippen LogP contribution in [0.5, 0.6) is 0 Å². The van der Waals surface area contributed by atoms with Gasteiger partial charge < -0.3 is 24.7 Å². The van der Waals surface area contributed by atoms with Gasteiger partial charge in [-0.05, 0) is 20.8 Å². The summed E-state index contributed by atoms with van der Waals surface area (Å²) in [5.74, 6) is 0. The van der Waals surface area contributed by atoms with E-state index in [1.54, 1.807) is 0 Å². The fourth-order valence-electron chi connectivity index (χ4n) is 1.37. The molecule has 6 heteroatoms. The van der Waals surface area contributed by atoms with Gasteiger partial charge in [-0.3, -0.25) is 0 Å². The number of rotatable bonds is 9. The van der Waals surface area contributed by atoms with Crippen LogP contribution in [0.25, 0.3) is 0 Å². The summed E-state index contributed by atoms with van der Waals surface area (Å²) in [4.78, 5) is 0. The fraction of sp³-hybridized carbons (Fsp3) is 1.00. The molecule has 0 aromatic carbocycles. The predicted molar refractivity (Wildman–Crippen MR) is 62.5 cm³/mol. The van der Waals surface area contributed by atoms with Crippen molar-refractivity contribution in [3.8, 4) is 0 Å². The monoisotopic (exact) mass is 236 g/mol. The van der Waals surface area contributed by atoms with Crippen LogP contribution >= 0.6 is 0 Å². The van der Waals surface area contributed by atoms with Gasteiger partial charge >= 0.3 is 8.80 Å². The third-order valence-electron chi connectivity index (χ3n) is 1.91. The Kier molecular flexibility index (Phi) is 8.21. The molecule has 0 rings (SSSR count). The molecule has 0 saturated carbocycles. The molecule has 0 aromatic heterocycles. The van der Waals surface area contributed by atoms with Crippen LogP contribution in [0.2, 0.25) is 6.04 Å². The highest BCUT2D eigenvalue weighted by molar-refractivity contribution is 6.60. The van der Waals surface area contributed by atoms with Gasteiger partial charge in [0.2, 0.25) is 0 Å². The zero-order valence-electron chi connectivity index (χ0n) is 9.99. The summed E-state index contributed by atoms with van der Waals surface area (Å²) >= 11 is 0. The second-order valence-electron chi connectivity index (χ2n) is 3.18. The van der Waals surface area contributed by atoms with Gasteiger partial charge in [-0.2, -0.15) is 0 Å². The van der Waals surface area contributed by atoms with Gasteiger partial charge in [-0.15, -0.1) is 0 Å². The standard InChI is InChI=1S/C9H24N2O3Si/c1-4-12-15(13-5-2,14-6-3)8-9(11)7-10/h9H,4-8,10-11H2,1-3H3. The largest absolute Gasteiger partial charge is 0.502 e. The molecule has 0 aliphatic carbocycles. The Morgan fingerprint density at radius 3 is 1.67 bits per heavy atom. The SMILES string of the molecule is CCO[Si](CC(N)CN)(OCC)OCC. The van der Waals surface area contributed by atoms with E-state index in [1.807, 2.05) is 20.8 Å². The van der Waals surface area contributed by atoms with Crippen LogP contribution < -0.4 is 11.5 Å². The van der Waals surface area contributed by atoms with Gasteiger partial charge in [0.25, 0.3) is 0 Å². The van der Waals surface area contributed by atoms with E-state index in [4.69, 9.17) is 24.7 Å². The van der Waals surface area contributed by atoms with E-state index in [2.05, 4.69) is 0 Å². The molecule has 0 saturated heterocycles. The van der Waals surface area contributed by atoms with Crippen molar-refractivity contribution in [3.05, 3.63) is 0 Å². The smallest absolute Gasteiger partial charge is 0.374 e. The average Bonchev–Trinajstić information content (AvgIpc) is 2.18. The minimum Gasteiger partial charge on any atom is -0.374 e. The third-order valence-corrected chi connectivity index (χ3v) is 5.12. The lowest BCUT2D eigenvalue weighted by Gasteiger charge is -2.30. The molecule has 0 spiro atoms. The summed E-state index contributed by atoms with van der Waals surface area (Å²) < 4.78 is 16.9. The van der Waals surface area contributed by atoms with E-state index in [-0.39, 0.29) is 6.04 Å². The lowest BCUT2D eigenvalue weighted by atomic mass is 10.4. The molecule has 15 heavy (non-hydrogen) atoms. The molecule has 1 atom stereocenters. The minimum absolute atomic E-state index is 0.124. The lowest BCUT2D eigenvalue weighted by Crippen LogP contribution is -2.51. The Bertz CT molecular complexity index is 143. The number of nitrogens with two attached hydrogens (primary N) is 2. The van der Waals surface area contributed by atoms with Crippen molar-refractivity contribution in [2.24, 2.45) is 11.5 Å². The topological polar surface area (TPSA) is 79.7 Å². The van der Waals surface area contributed by atoms with Gasteiger partial charge in [0.15, 0.2) is 0 Å². The molecular weight excluding hydrogens is 212 g/mol. The molecule has 0 aromatic rings. The lowest BCUT2D eigenvalue weighted by molar-refractivity contribution is 0.0698. The van der Waals surface area contributed by atoms with Gasteiger partial charge in [-0.1, -0.05) is 0 Å². The summed E-state index contributed by atoms with van der Waals surface area (Å²) in [6, 6.07) is 0.459. The zero-order chi connectivity index (χ0) is 11.7. The Morgan fingerprint density at radius 1 is 1.00 bits per heavy atom. The molecule has 0 amide bonds. The quantitative estimate of drug-likeness (QED) is 0.564. The molecule has 92 valence electrons. The van der Waals surface area contributed by atoms with Crippen LogP contribution in [-0.2, 0) is 13.3 Å². The van der Waals surface area contributed by atoms with E-state index < -0.39 is 8.80 Å². The Labute approximate surface area is 93.4 Å². The molecular formula is C9H24N2O3Si. The predicted octanol–water partition coefficient (Wildman–Crippen LogP) is 0.321. The molecule has 0 aliphatic heterocycles. The van der Waals surface area contributed by atoms with Gasteiger partial charge in [0, 0.05) is 38.5 Å². The molecule has 0 radical (unpaired) electrons. The van der Waals surface area contributed by atoms with Crippen molar-refractivity contribution in [2.75, 3.05) is 26.4 Å². The van der Waals surface area contributed by atoms with Gasteiger partial charge in [-0.25, -0.2) is 0 Å². The number of hydrogen-bond donors (Lipinski definition) is 2. The van der Waals surface area contributed by atoms with Crippen molar-refractivity contribution < 1.29 is 13.3 Å². The molecule has 0 bridgehead atoms. The van der Waals surface area contributed by atoms with E-state index in [1.165, 1.54) is 0 Å². The van der Waals surface area contributed by atoms with E-state index in [0.29, 0.717) is 32.4 Å². The molecule has 0 heterocycles. The normalized spacial score (nSPS) is 14.2. The fourth-order valence-corrected chi connectivity index (χ4v) is 4.10. The second kappa shape index (κ2) is 8.20. The maximum atomic E-state index is 5.82. The maximum absolute atomic E-state index is 5.82. The molecule has 4 N–H and O–H groups in total. The van der Waals surface area contributed by atoms with Crippen LogP contribution in [0.3, 0.4) is 0 Å². The Hall–Kier alpha value is 0.0169. The number of hydrogen-bond acceptors (Lipinski definition) is 5. The molecule has 0 fully saturated rings. The first-order chi connectivity index (χ1) is 7.14. The maximum Gasteiger partial charge on any atom is 0.502 e. The minimum atomic E-state index is -2.58. The second-order valence-corrected chi connectivity index (χ2v) is 5.82. The van der Waals surface area contributed by atoms with E-state index in [9.17, 15) is 0 Å². The highest BCUT2D eigenvalue weighted by Gasteiger charge is 2.41. The summed E-state index contributed by atoms with van der Waals surface area (Å²) in [6.45, 7) is 7.91. The summed E-state index contributed by atoms with van der Waals surface area (Å²) in [7, 11) is -2.58. The first-order valence-corrected chi connectivity index (χ1v) is 7.44. The molecule has 1 unspecified atom stereocenters. The summed E-state index contributed by atoms with van der Waals surface area (Å²) in [5.41, 5.74) is 11.3. The Morgan fingerprint density at radius 2 is 1.40 bits per heavy atom. The van der Waals surface area contributed by atoms with Crippen LogP contribution in [0.15, 0.2) is 0 Å². The molecule has 0 aliphatic rings. The van der Waals surface area contributed by atoms with Crippen LogP contribution in [0, 0.1) is 0 Å². The van der Waals surface area contributed by atoms with Crippen molar-refractivity contribution in [3.63, 3.8) is 0 Å². The average molecular weight is 236 g/mol. The van der Waals surface area contributed by atoms with Gasteiger partial charge in [0.05, 0.1) is 0 Å². The van der Waals surface area contributed by atoms with E-state index in [0.717, 1.165) is 0 Å². The van der Waals surface area contributed by atoms with Crippen LogP contribution in [0.1, 0.15) is 20.8 Å². The Balaban J connectivity index is 4.44. The first kappa shape index (κ1) is 15.0. The van der Waals surface area contributed by atoms with E-state index >= 15 is 0 Å². The van der Waals surface area contributed by atoms with Crippen molar-refractivity contribution in [2.45, 2.75) is 32.9 Å². The summed E-state index contributed by atoms with van der Waals surface area (Å²) in [6.07, 6.45) is 0. The highest BCUT2D eigenvalue weighted by atomic mass is 28.4. The van der Waals surface area contributed by atoms with Crippen molar-refractivity contribution >= 4 is 8.80 Å². The van der Waals surface area contributed by atoms with Gasteiger partial charge in [0.1, 0.15) is 0 Å². The summed E-state index contributed by atoms with van der Waals surface area (Å²) in [5, 5.41) is 0. The van der Waals surface area contributed by atoms with Crippen LogP contribution in [0.4, 0.5) is 0 Å². The third kappa shape index (κ3) is 5.60. The van der Waals surface area contributed by atoms with Crippen molar-refractivity contribution in [1.82, 2.24) is 0 Å². The zero-order valence-corrected chi connectivity index (χ0v) is 11.0.